The van der Waals surface area contributed by atoms with Crippen molar-refractivity contribution in [3.63, 3.8) is 0 Å². The standard InChI is InChI=1S/C10H20N2/c1-8-3-5-12-6-4-9(2)10(8,12)7-11/h8-9H,3-7,11H2,1-2H3/t8-,9-/m0/s1. The zero-order valence-corrected chi connectivity index (χ0v) is 8.21. The van der Waals surface area contributed by atoms with Crippen LogP contribution < -0.4 is 5.73 Å². The third-order valence-electron chi connectivity index (χ3n) is 4.29. The van der Waals surface area contributed by atoms with Gasteiger partial charge in [0.2, 0.25) is 0 Å². The summed E-state index contributed by atoms with van der Waals surface area (Å²) in [4.78, 5) is 2.63. The van der Waals surface area contributed by atoms with Crippen molar-refractivity contribution in [2.45, 2.75) is 32.2 Å². The molecule has 0 aromatic rings. The van der Waals surface area contributed by atoms with Crippen LogP contribution in [-0.4, -0.2) is 30.1 Å². The van der Waals surface area contributed by atoms with Gasteiger partial charge in [-0.05, 0) is 37.8 Å². The normalized spacial score (nSPS) is 40.2. The second-order valence-electron chi connectivity index (χ2n) is 4.56. The summed E-state index contributed by atoms with van der Waals surface area (Å²) >= 11 is 0. The van der Waals surface area contributed by atoms with Crippen LogP contribution in [0.3, 0.4) is 0 Å². The Morgan fingerprint density at radius 2 is 1.75 bits per heavy atom. The fraction of sp³-hybridized carbons (Fsp3) is 1.00. The van der Waals surface area contributed by atoms with E-state index in [1.54, 1.807) is 0 Å². The lowest BCUT2D eigenvalue weighted by Crippen LogP contribution is -2.52. The van der Waals surface area contributed by atoms with E-state index in [0.717, 1.165) is 18.4 Å². The summed E-state index contributed by atoms with van der Waals surface area (Å²) in [7, 11) is 0. The summed E-state index contributed by atoms with van der Waals surface area (Å²) in [5.74, 6) is 1.61. The SMILES string of the molecule is C[C@H]1CCN2CC[C@H](C)C12CN. The molecule has 2 fully saturated rings. The first-order chi connectivity index (χ1) is 5.71. The molecule has 2 atom stereocenters. The van der Waals surface area contributed by atoms with Crippen LogP contribution in [0.2, 0.25) is 0 Å². The van der Waals surface area contributed by atoms with E-state index in [4.69, 9.17) is 5.73 Å². The molecule has 0 bridgehead atoms. The van der Waals surface area contributed by atoms with Gasteiger partial charge >= 0.3 is 0 Å². The number of fused-ring (bicyclic) bond motifs is 1. The van der Waals surface area contributed by atoms with E-state index >= 15 is 0 Å². The van der Waals surface area contributed by atoms with E-state index in [0.29, 0.717) is 5.54 Å². The van der Waals surface area contributed by atoms with Crippen LogP contribution in [0.25, 0.3) is 0 Å². The van der Waals surface area contributed by atoms with Gasteiger partial charge in [0.05, 0.1) is 0 Å². The highest BCUT2D eigenvalue weighted by Gasteiger charge is 2.52. The lowest BCUT2D eigenvalue weighted by Gasteiger charge is -2.38. The topological polar surface area (TPSA) is 29.3 Å². The molecule has 2 nitrogen and oxygen atoms in total. The minimum Gasteiger partial charge on any atom is -0.329 e. The Bertz CT molecular complexity index is 165. The Morgan fingerprint density at radius 3 is 2.08 bits per heavy atom. The minimum absolute atomic E-state index is 0.375. The molecule has 70 valence electrons. The lowest BCUT2D eigenvalue weighted by atomic mass is 9.77. The highest BCUT2D eigenvalue weighted by molar-refractivity contribution is 5.08. The van der Waals surface area contributed by atoms with E-state index in [1.165, 1.54) is 25.9 Å². The molecule has 0 aliphatic carbocycles. The van der Waals surface area contributed by atoms with Crippen molar-refractivity contribution in [1.29, 1.82) is 0 Å². The maximum absolute atomic E-state index is 5.95. The summed E-state index contributed by atoms with van der Waals surface area (Å²) in [6.45, 7) is 8.16. The second-order valence-corrected chi connectivity index (χ2v) is 4.56. The molecule has 2 heterocycles. The van der Waals surface area contributed by atoms with Crippen molar-refractivity contribution in [3.05, 3.63) is 0 Å². The van der Waals surface area contributed by atoms with Crippen LogP contribution >= 0.6 is 0 Å². The molecule has 2 heteroatoms. The molecule has 0 amide bonds. The molecule has 2 aliphatic heterocycles. The van der Waals surface area contributed by atoms with Crippen molar-refractivity contribution in [2.24, 2.45) is 17.6 Å². The fourth-order valence-corrected chi connectivity index (χ4v) is 3.37. The zero-order chi connectivity index (χ0) is 8.77. The van der Waals surface area contributed by atoms with Gasteiger partial charge in [-0.15, -0.1) is 0 Å². The summed E-state index contributed by atoms with van der Waals surface area (Å²) in [6, 6.07) is 0. The van der Waals surface area contributed by atoms with Gasteiger partial charge in [0.15, 0.2) is 0 Å². The monoisotopic (exact) mass is 168 g/mol. The molecular formula is C10H20N2. The van der Waals surface area contributed by atoms with Gasteiger partial charge < -0.3 is 5.73 Å². The Hall–Kier alpha value is -0.0800. The van der Waals surface area contributed by atoms with Gasteiger partial charge in [-0.3, -0.25) is 4.90 Å². The summed E-state index contributed by atoms with van der Waals surface area (Å²) < 4.78 is 0. The van der Waals surface area contributed by atoms with E-state index < -0.39 is 0 Å². The first-order valence-corrected chi connectivity index (χ1v) is 5.17. The quantitative estimate of drug-likeness (QED) is 0.634. The van der Waals surface area contributed by atoms with Crippen molar-refractivity contribution >= 4 is 0 Å². The average Bonchev–Trinajstić information content (AvgIpc) is 2.54. The smallest absolute Gasteiger partial charge is 0.0383 e. The summed E-state index contributed by atoms with van der Waals surface area (Å²) in [5.41, 5.74) is 6.32. The first kappa shape index (κ1) is 8.52. The third-order valence-corrected chi connectivity index (χ3v) is 4.29. The van der Waals surface area contributed by atoms with E-state index in [2.05, 4.69) is 18.7 Å². The maximum atomic E-state index is 5.95. The molecule has 0 radical (unpaired) electrons. The van der Waals surface area contributed by atoms with Gasteiger partial charge in [-0.25, -0.2) is 0 Å². The number of nitrogens with zero attached hydrogens (tertiary/aromatic N) is 1. The molecule has 2 rings (SSSR count). The Labute approximate surface area is 75.1 Å². The van der Waals surface area contributed by atoms with Crippen LogP contribution in [0.1, 0.15) is 26.7 Å². The lowest BCUT2D eigenvalue weighted by molar-refractivity contribution is 0.128. The largest absolute Gasteiger partial charge is 0.329 e. The van der Waals surface area contributed by atoms with Crippen LogP contribution in [0.5, 0.6) is 0 Å². The highest BCUT2D eigenvalue weighted by atomic mass is 15.3. The van der Waals surface area contributed by atoms with Gasteiger partial charge in [-0.2, -0.15) is 0 Å². The summed E-state index contributed by atoms with van der Waals surface area (Å²) in [5, 5.41) is 0. The van der Waals surface area contributed by atoms with Crippen molar-refractivity contribution < 1.29 is 0 Å². The van der Waals surface area contributed by atoms with E-state index in [1.807, 2.05) is 0 Å². The first-order valence-electron chi connectivity index (χ1n) is 5.17. The van der Waals surface area contributed by atoms with Gasteiger partial charge in [-0.1, -0.05) is 13.8 Å². The molecule has 0 saturated carbocycles. The molecule has 0 aromatic carbocycles. The minimum atomic E-state index is 0.375. The summed E-state index contributed by atoms with van der Waals surface area (Å²) in [6.07, 6.45) is 2.70. The second kappa shape index (κ2) is 2.71. The third kappa shape index (κ3) is 0.826. The predicted molar refractivity (Wildman–Crippen MR) is 50.9 cm³/mol. The van der Waals surface area contributed by atoms with Gasteiger partial charge in [0.1, 0.15) is 0 Å². The molecule has 0 unspecified atom stereocenters. The Balaban J connectivity index is 2.29. The molecule has 2 N–H and O–H groups in total. The van der Waals surface area contributed by atoms with Gasteiger partial charge in [0, 0.05) is 12.1 Å². The van der Waals surface area contributed by atoms with Crippen LogP contribution in [0.4, 0.5) is 0 Å². The highest BCUT2D eigenvalue weighted by Crippen LogP contribution is 2.45. The molecule has 0 aromatic heterocycles. The van der Waals surface area contributed by atoms with Crippen LogP contribution in [-0.2, 0) is 0 Å². The van der Waals surface area contributed by atoms with Gasteiger partial charge in [0.25, 0.3) is 0 Å². The fourth-order valence-electron chi connectivity index (χ4n) is 3.37. The van der Waals surface area contributed by atoms with Crippen molar-refractivity contribution in [3.8, 4) is 0 Å². The van der Waals surface area contributed by atoms with Crippen molar-refractivity contribution in [2.75, 3.05) is 19.6 Å². The predicted octanol–water partition coefficient (Wildman–Crippen LogP) is 1.07. The van der Waals surface area contributed by atoms with E-state index in [9.17, 15) is 0 Å². The molecule has 12 heavy (non-hydrogen) atoms. The average molecular weight is 168 g/mol. The van der Waals surface area contributed by atoms with Crippen molar-refractivity contribution in [1.82, 2.24) is 4.90 Å². The zero-order valence-electron chi connectivity index (χ0n) is 8.21. The number of hydrogen-bond acceptors (Lipinski definition) is 2. The maximum Gasteiger partial charge on any atom is 0.0383 e. The molecule has 2 aliphatic rings. The Kier molecular flexibility index (Phi) is 1.92. The molecule has 0 spiro atoms. The van der Waals surface area contributed by atoms with E-state index in [-0.39, 0.29) is 0 Å². The Morgan fingerprint density at radius 1 is 1.25 bits per heavy atom. The number of nitrogens with two attached hydrogens (primary N) is 1. The van der Waals surface area contributed by atoms with Crippen LogP contribution in [0, 0.1) is 11.8 Å². The van der Waals surface area contributed by atoms with Crippen LogP contribution in [0.15, 0.2) is 0 Å². The molecule has 2 saturated heterocycles. The number of rotatable bonds is 1. The number of hydrogen-bond donors (Lipinski definition) is 1. The molecular weight excluding hydrogens is 148 g/mol.